The predicted molar refractivity (Wildman–Crippen MR) is 65.8 cm³/mol. The van der Waals surface area contributed by atoms with Crippen LogP contribution in [-0.2, 0) is 7.05 Å². The van der Waals surface area contributed by atoms with Crippen LogP contribution in [0, 0.1) is 17.8 Å². The molecule has 2 N–H and O–H groups in total. The van der Waals surface area contributed by atoms with Gasteiger partial charge in [-0.2, -0.15) is 5.10 Å². The van der Waals surface area contributed by atoms with E-state index in [1.165, 1.54) is 24.8 Å². The molecule has 0 spiro atoms. The van der Waals surface area contributed by atoms with Crippen LogP contribution in [0.2, 0.25) is 0 Å². The Balaban J connectivity index is 2.02. The van der Waals surface area contributed by atoms with Gasteiger partial charge in [0.25, 0.3) is 0 Å². The smallest absolute Gasteiger partial charge is 0.0537 e. The van der Waals surface area contributed by atoms with Gasteiger partial charge in [-0.25, -0.2) is 0 Å². The Morgan fingerprint density at radius 2 is 2.12 bits per heavy atom. The van der Waals surface area contributed by atoms with E-state index >= 15 is 0 Å². The summed E-state index contributed by atoms with van der Waals surface area (Å²) in [5.74, 6) is 2.30. The summed E-state index contributed by atoms with van der Waals surface area (Å²) in [6.45, 7) is 4.71. The van der Waals surface area contributed by atoms with E-state index < -0.39 is 0 Å². The van der Waals surface area contributed by atoms with Gasteiger partial charge in [-0.05, 0) is 30.6 Å². The summed E-state index contributed by atoms with van der Waals surface area (Å²) < 4.78 is 1.84. The minimum absolute atomic E-state index is 0.170. The number of nitrogens with two attached hydrogens (primary N) is 1. The van der Waals surface area contributed by atoms with E-state index in [0.717, 1.165) is 11.8 Å². The number of aryl methyl sites for hydroxylation is 1. The Kier molecular flexibility index (Phi) is 3.33. The lowest BCUT2D eigenvalue weighted by atomic mass is 9.72. The van der Waals surface area contributed by atoms with Gasteiger partial charge in [-0.15, -0.1) is 0 Å². The molecule has 1 heterocycles. The first kappa shape index (κ1) is 11.6. The zero-order valence-electron chi connectivity index (χ0n) is 10.6. The van der Waals surface area contributed by atoms with Crippen LogP contribution in [0.3, 0.4) is 0 Å². The minimum atomic E-state index is 0.170. The molecule has 1 fully saturated rings. The summed E-state index contributed by atoms with van der Waals surface area (Å²) in [5, 5.41) is 4.20. The van der Waals surface area contributed by atoms with Crippen molar-refractivity contribution in [3.05, 3.63) is 18.0 Å². The van der Waals surface area contributed by atoms with Crippen molar-refractivity contribution in [3.8, 4) is 0 Å². The van der Waals surface area contributed by atoms with Crippen molar-refractivity contribution in [2.75, 3.05) is 0 Å². The first-order valence-electron chi connectivity index (χ1n) is 6.32. The van der Waals surface area contributed by atoms with E-state index in [4.69, 9.17) is 5.73 Å². The normalized spacial score (nSPS) is 32.6. The molecule has 4 unspecified atom stereocenters. The quantitative estimate of drug-likeness (QED) is 0.834. The number of nitrogens with zero attached hydrogens (tertiary/aromatic N) is 2. The average molecular weight is 221 g/mol. The Bertz CT molecular complexity index is 345. The average Bonchev–Trinajstić information content (AvgIpc) is 2.68. The molecule has 0 saturated heterocycles. The fraction of sp³-hybridized carbons (Fsp3) is 0.769. The van der Waals surface area contributed by atoms with E-state index in [0.29, 0.717) is 5.92 Å². The van der Waals surface area contributed by atoms with Crippen molar-refractivity contribution in [2.24, 2.45) is 30.5 Å². The molecule has 0 aliphatic heterocycles. The van der Waals surface area contributed by atoms with Gasteiger partial charge in [0.1, 0.15) is 0 Å². The lowest BCUT2D eigenvalue weighted by Gasteiger charge is -2.34. The minimum Gasteiger partial charge on any atom is -0.324 e. The standard InChI is InChI=1S/C13H23N3/c1-9-4-5-11(6-10(9)2)13(14)12-7-15-16(3)8-12/h7-11,13H,4-6,14H2,1-3H3. The van der Waals surface area contributed by atoms with Crippen LogP contribution in [0.4, 0.5) is 0 Å². The topological polar surface area (TPSA) is 43.8 Å². The van der Waals surface area contributed by atoms with Crippen LogP contribution in [-0.4, -0.2) is 9.78 Å². The van der Waals surface area contributed by atoms with Gasteiger partial charge in [0, 0.05) is 24.8 Å². The Labute approximate surface area is 98.0 Å². The van der Waals surface area contributed by atoms with Crippen molar-refractivity contribution in [2.45, 2.75) is 39.2 Å². The molecule has 0 bridgehead atoms. The maximum absolute atomic E-state index is 6.34. The van der Waals surface area contributed by atoms with E-state index in [1.807, 2.05) is 24.1 Å². The highest BCUT2D eigenvalue weighted by Crippen LogP contribution is 2.38. The molecule has 4 atom stereocenters. The Morgan fingerprint density at radius 1 is 1.38 bits per heavy atom. The molecule has 2 rings (SSSR count). The molecule has 0 radical (unpaired) electrons. The lowest BCUT2D eigenvalue weighted by molar-refractivity contribution is 0.186. The maximum atomic E-state index is 6.34. The third-order valence-corrected chi connectivity index (χ3v) is 4.26. The lowest BCUT2D eigenvalue weighted by Crippen LogP contribution is -2.29. The second-order valence-corrected chi connectivity index (χ2v) is 5.50. The highest BCUT2D eigenvalue weighted by Gasteiger charge is 2.29. The fourth-order valence-corrected chi connectivity index (χ4v) is 2.80. The van der Waals surface area contributed by atoms with Crippen molar-refractivity contribution in [1.29, 1.82) is 0 Å². The van der Waals surface area contributed by atoms with Crippen molar-refractivity contribution in [3.63, 3.8) is 0 Å². The SMILES string of the molecule is CC1CCC(C(N)c2cnn(C)c2)CC1C. The summed E-state index contributed by atoms with van der Waals surface area (Å²) in [7, 11) is 1.95. The highest BCUT2D eigenvalue weighted by molar-refractivity contribution is 5.11. The van der Waals surface area contributed by atoms with Gasteiger partial charge in [0.2, 0.25) is 0 Å². The number of rotatable bonds is 2. The molecule has 0 amide bonds. The second kappa shape index (κ2) is 4.58. The van der Waals surface area contributed by atoms with Crippen LogP contribution in [0.1, 0.15) is 44.7 Å². The summed E-state index contributed by atoms with van der Waals surface area (Å²) >= 11 is 0. The monoisotopic (exact) mass is 221 g/mol. The maximum Gasteiger partial charge on any atom is 0.0537 e. The third kappa shape index (κ3) is 2.29. The molecule has 1 saturated carbocycles. The van der Waals surface area contributed by atoms with Crippen molar-refractivity contribution in [1.82, 2.24) is 9.78 Å². The Morgan fingerprint density at radius 3 is 2.69 bits per heavy atom. The van der Waals surface area contributed by atoms with Crippen LogP contribution in [0.25, 0.3) is 0 Å². The molecule has 3 heteroatoms. The molecule has 16 heavy (non-hydrogen) atoms. The van der Waals surface area contributed by atoms with E-state index in [-0.39, 0.29) is 6.04 Å². The third-order valence-electron chi connectivity index (χ3n) is 4.26. The summed E-state index contributed by atoms with van der Waals surface area (Å²) in [4.78, 5) is 0. The van der Waals surface area contributed by atoms with Gasteiger partial charge in [0.05, 0.1) is 6.20 Å². The van der Waals surface area contributed by atoms with E-state index in [1.54, 1.807) is 0 Å². The summed E-state index contributed by atoms with van der Waals surface area (Å²) in [6, 6.07) is 0.170. The van der Waals surface area contributed by atoms with Gasteiger partial charge in [-0.3, -0.25) is 4.68 Å². The molecule has 1 aliphatic carbocycles. The highest BCUT2D eigenvalue weighted by atomic mass is 15.2. The first-order valence-corrected chi connectivity index (χ1v) is 6.32. The van der Waals surface area contributed by atoms with E-state index in [9.17, 15) is 0 Å². The summed E-state index contributed by atoms with van der Waals surface area (Å²) in [6.07, 6.45) is 7.80. The summed E-state index contributed by atoms with van der Waals surface area (Å²) in [5.41, 5.74) is 7.53. The Hall–Kier alpha value is -0.830. The van der Waals surface area contributed by atoms with Gasteiger partial charge < -0.3 is 5.73 Å². The van der Waals surface area contributed by atoms with Crippen LogP contribution < -0.4 is 5.73 Å². The van der Waals surface area contributed by atoms with Gasteiger partial charge in [0.15, 0.2) is 0 Å². The van der Waals surface area contributed by atoms with Crippen molar-refractivity contribution >= 4 is 0 Å². The molecular formula is C13H23N3. The molecule has 1 aromatic heterocycles. The molecule has 1 aliphatic rings. The van der Waals surface area contributed by atoms with Crippen LogP contribution >= 0.6 is 0 Å². The number of hydrogen-bond acceptors (Lipinski definition) is 2. The van der Waals surface area contributed by atoms with Gasteiger partial charge in [-0.1, -0.05) is 20.3 Å². The largest absolute Gasteiger partial charge is 0.324 e. The number of hydrogen-bond donors (Lipinski definition) is 1. The zero-order valence-corrected chi connectivity index (χ0v) is 10.6. The van der Waals surface area contributed by atoms with E-state index in [2.05, 4.69) is 18.9 Å². The first-order chi connectivity index (χ1) is 7.58. The predicted octanol–water partition coefficient (Wildman–Crippen LogP) is 2.49. The zero-order chi connectivity index (χ0) is 11.7. The van der Waals surface area contributed by atoms with Crippen LogP contribution in [0.5, 0.6) is 0 Å². The second-order valence-electron chi connectivity index (χ2n) is 5.50. The van der Waals surface area contributed by atoms with Crippen LogP contribution in [0.15, 0.2) is 12.4 Å². The molecule has 90 valence electrons. The molecule has 1 aromatic rings. The molecule has 0 aromatic carbocycles. The molecule has 3 nitrogen and oxygen atoms in total. The molecular weight excluding hydrogens is 198 g/mol. The van der Waals surface area contributed by atoms with Crippen molar-refractivity contribution < 1.29 is 0 Å². The number of aromatic nitrogens is 2. The van der Waals surface area contributed by atoms with Gasteiger partial charge >= 0.3 is 0 Å². The fourth-order valence-electron chi connectivity index (χ4n) is 2.80.